The van der Waals surface area contributed by atoms with Gasteiger partial charge in [-0.05, 0) is 38.5 Å². The van der Waals surface area contributed by atoms with Gasteiger partial charge in [0.1, 0.15) is 0 Å². The Morgan fingerprint density at radius 1 is 1.11 bits per heavy atom. The molecule has 2 heterocycles. The highest BCUT2D eigenvalue weighted by molar-refractivity contribution is 14.0. The predicted molar refractivity (Wildman–Crippen MR) is 120 cm³/mol. The van der Waals surface area contributed by atoms with Gasteiger partial charge in [-0.3, -0.25) is 9.79 Å². The molecular formula is C21H35IN4O2. The first kappa shape index (κ1) is 20.7. The van der Waals surface area contributed by atoms with E-state index in [0.717, 1.165) is 44.9 Å². The van der Waals surface area contributed by atoms with E-state index in [9.17, 15) is 4.79 Å². The summed E-state index contributed by atoms with van der Waals surface area (Å²) < 4.78 is 6.03. The molecule has 1 spiro atoms. The molecule has 4 atom stereocenters. The summed E-state index contributed by atoms with van der Waals surface area (Å²) in [6.07, 6.45) is 11.2. The normalized spacial score (nSPS) is 36.5. The van der Waals surface area contributed by atoms with Crippen LogP contribution in [0.2, 0.25) is 0 Å². The van der Waals surface area contributed by atoms with Crippen LogP contribution < -0.4 is 10.6 Å². The summed E-state index contributed by atoms with van der Waals surface area (Å²) in [7, 11) is 1.86. The second kappa shape index (κ2) is 8.28. The summed E-state index contributed by atoms with van der Waals surface area (Å²) in [4.78, 5) is 19.3. The fraction of sp³-hybridized carbons (Fsp3) is 0.905. The Morgan fingerprint density at radius 3 is 2.57 bits per heavy atom. The summed E-state index contributed by atoms with van der Waals surface area (Å²) in [5, 5.41) is 7.36. The van der Waals surface area contributed by atoms with Crippen molar-refractivity contribution in [3.05, 3.63) is 0 Å². The number of ether oxygens (including phenoxy) is 1. The topological polar surface area (TPSA) is 66.0 Å². The molecule has 0 radical (unpaired) electrons. The number of carbonyl (C=O) groups is 1. The van der Waals surface area contributed by atoms with E-state index < -0.39 is 0 Å². The van der Waals surface area contributed by atoms with Crippen LogP contribution in [0.5, 0.6) is 0 Å². The fourth-order valence-electron chi connectivity index (χ4n) is 6.48. The summed E-state index contributed by atoms with van der Waals surface area (Å²) >= 11 is 0. The zero-order valence-corrected chi connectivity index (χ0v) is 19.3. The molecule has 6 nitrogen and oxygen atoms in total. The molecule has 5 aliphatic rings. The molecule has 1 amide bonds. The highest BCUT2D eigenvalue weighted by atomic mass is 127. The lowest BCUT2D eigenvalue weighted by Crippen LogP contribution is -2.72. The maximum Gasteiger partial charge on any atom is 0.225 e. The van der Waals surface area contributed by atoms with Gasteiger partial charge in [0, 0.05) is 56.1 Å². The Labute approximate surface area is 185 Å². The smallest absolute Gasteiger partial charge is 0.225 e. The number of likely N-dealkylation sites (tertiary alicyclic amines) is 1. The molecule has 2 aliphatic heterocycles. The van der Waals surface area contributed by atoms with Gasteiger partial charge in [-0.25, -0.2) is 0 Å². The van der Waals surface area contributed by atoms with Crippen molar-refractivity contribution in [2.24, 2.45) is 22.2 Å². The van der Waals surface area contributed by atoms with Crippen molar-refractivity contribution in [3.63, 3.8) is 0 Å². The van der Waals surface area contributed by atoms with E-state index >= 15 is 0 Å². The molecule has 0 aromatic carbocycles. The summed E-state index contributed by atoms with van der Waals surface area (Å²) in [5.74, 6) is 2.23. The van der Waals surface area contributed by atoms with Gasteiger partial charge in [-0.1, -0.05) is 19.3 Å². The molecular weight excluding hydrogens is 467 g/mol. The van der Waals surface area contributed by atoms with Crippen molar-refractivity contribution in [2.45, 2.75) is 76.0 Å². The average Bonchev–Trinajstić information content (AvgIpc) is 3.37. The average molecular weight is 502 g/mol. The Balaban J connectivity index is 0.00000192. The highest BCUT2D eigenvalue weighted by Crippen LogP contribution is 2.62. The van der Waals surface area contributed by atoms with Crippen molar-refractivity contribution in [2.75, 3.05) is 26.7 Å². The van der Waals surface area contributed by atoms with Crippen molar-refractivity contribution >= 4 is 35.8 Å². The lowest BCUT2D eigenvalue weighted by atomic mass is 9.46. The molecule has 3 aliphatic carbocycles. The molecule has 4 unspecified atom stereocenters. The predicted octanol–water partition coefficient (Wildman–Crippen LogP) is 2.52. The van der Waals surface area contributed by atoms with Gasteiger partial charge in [0.2, 0.25) is 5.91 Å². The van der Waals surface area contributed by atoms with E-state index in [2.05, 4.69) is 20.5 Å². The zero-order chi connectivity index (χ0) is 18.4. The third-order valence-electron chi connectivity index (χ3n) is 8.10. The van der Waals surface area contributed by atoms with E-state index in [1.54, 1.807) is 0 Å². The van der Waals surface area contributed by atoms with E-state index in [1.807, 2.05) is 7.05 Å². The molecule has 0 bridgehead atoms. The number of fused-ring (bicyclic) bond motifs is 2. The Kier molecular flexibility index (Phi) is 6.12. The minimum Gasteiger partial charge on any atom is -0.377 e. The van der Waals surface area contributed by atoms with Gasteiger partial charge in [-0.15, -0.1) is 24.0 Å². The van der Waals surface area contributed by atoms with Gasteiger partial charge >= 0.3 is 0 Å². The van der Waals surface area contributed by atoms with Crippen LogP contribution in [0.25, 0.3) is 0 Å². The van der Waals surface area contributed by atoms with Gasteiger partial charge < -0.3 is 20.3 Å². The number of hydrogen-bond donors (Lipinski definition) is 2. The quantitative estimate of drug-likeness (QED) is 0.354. The summed E-state index contributed by atoms with van der Waals surface area (Å²) in [5.41, 5.74) is 0.360. The molecule has 2 N–H and O–H groups in total. The first-order valence-corrected chi connectivity index (χ1v) is 11.1. The van der Waals surface area contributed by atoms with Gasteiger partial charge in [0.25, 0.3) is 0 Å². The zero-order valence-electron chi connectivity index (χ0n) is 17.0. The Morgan fingerprint density at radius 2 is 1.89 bits per heavy atom. The number of nitrogens with one attached hydrogen (secondary N) is 2. The SMILES string of the molecule is CN=C(NC1CCN(C(=O)C2CCCC2)C1)NC1C2CCOC2C12CCC2.I. The van der Waals surface area contributed by atoms with Crippen LogP contribution in [0.4, 0.5) is 0 Å². The van der Waals surface area contributed by atoms with Crippen molar-refractivity contribution in [1.82, 2.24) is 15.5 Å². The number of rotatable bonds is 3. The van der Waals surface area contributed by atoms with Gasteiger partial charge in [-0.2, -0.15) is 0 Å². The molecule has 0 aromatic rings. The Bertz CT molecular complexity index is 618. The molecule has 3 saturated carbocycles. The van der Waals surface area contributed by atoms with E-state index in [-0.39, 0.29) is 29.9 Å². The van der Waals surface area contributed by atoms with E-state index in [0.29, 0.717) is 35.4 Å². The number of aliphatic imine (C=N–C) groups is 1. The monoisotopic (exact) mass is 502 g/mol. The van der Waals surface area contributed by atoms with Crippen LogP contribution in [0.3, 0.4) is 0 Å². The van der Waals surface area contributed by atoms with E-state index in [1.165, 1.54) is 38.5 Å². The minimum absolute atomic E-state index is 0. The number of hydrogen-bond acceptors (Lipinski definition) is 3. The lowest BCUT2D eigenvalue weighted by molar-refractivity contribution is -0.171. The second-order valence-corrected chi connectivity index (χ2v) is 9.42. The van der Waals surface area contributed by atoms with Crippen LogP contribution in [-0.4, -0.2) is 61.7 Å². The minimum atomic E-state index is 0. The van der Waals surface area contributed by atoms with Crippen LogP contribution in [0.1, 0.15) is 57.8 Å². The van der Waals surface area contributed by atoms with Crippen LogP contribution in [-0.2, 0) is 9.53 Å². The number of halogens is 1. The number of amides is 1. The largest absolute Gasteiger partial charge is 0.377 e. The summed E-state index contributed by atoms with van der Waals surface area (Å²) in [6, 6.07) is 0.817. The first-order valence-electron chi connectivity index (χ1n) is 11.1. The van der Waals surface area contributed by atoms with Crippen molar-refractivity contribution < 1.29 is 9.53 Å². The van der Waals surface area contributed by atoms with Crippen LogP contribution >= 0.6 is 24.0 Å². The Hall–Kier alpha value is -0.570. The molecule has 158 valence electrons. The number of guanidine groups is 1. The maximum atomic E-state index is 12.7. The second-order valence-electron chi connectivity index (χ2n) is 9.42. The summed E-state index contributed by atoms with van der Waals surface area (Å²) in [6.45, 7) is 2.62. The molecule has 2 saturated heterocycles. The molecule has 5 fully saturated rings. The van der Waals surface area contributed by atoms with Gasteiger partial charge in [0.15, 0.2) is 5.96 Å². The molecule has 28 heavy (non-hydrogen) atoms. The van der Waals surface area contributed by atoms with Crippen LogP contribution in [0.15, 0.2) is 4.99 Å². The maximum absolute atomic E-state index is 12.7. The fourth-order valence-corrected chi connectivity index (χ4v) is 6.48. The number of carbonyl (C=O) groups excluding carboxylic acids is 1. The third kappa shape index (κ3) is 3.34. The molecule has 7 heteroatoms. The first-order chi connectivity index (χ1) is 13.2. The van der Waals surface area contributed by atoms with Gasteiger partial charge in [0.05, 0.1) is 6.10 Å². The lowest BCUT2D eigenvalue weighted by Gasteiger charge is -2.63. The van der Waals surface area contributed by atoms with Crippen LogP contribution in [0, 0.1) is 17.3 Å². The highest BCUT2D eigenvalue weighted by Gasteiger charge is 2.66. The van der Waals surface area contributed by atoms with E-state index in [4.69, 9.17) is 4.74 Å². The number of nitrogens with zero attached hydrogens (tertiary/aromatic N) is 2. The standard InChI is InChI=1S/C21H34N4O2.HI/c1-22-20(24-17-16-8-12-27-18(16)21(17)9-4-10-21)23-15-7-11-25(13-15)19(26)14-5-2-3-6-14;/h14-18H,2-13H2,1H3,(H2,22,23,24);1H. The van der Waals surface area contributed by atoms with Crippen molar-refractivity contribution in [1.29, 1.82) is 0 Å². The van der Waals surface area contributed by atoms with Crippen molar-refractivity contribution in [3.8, 4) is 0 Å². The molecule has 0 aromatic heterocycles. The third-order valence-corrected chi connectivity index (χ3v) is 8.10. The molecule has 5 rings (SSSR count).